The van der Waals surface area contributed by atoms with Gasteiger partial charge in [-0.05, 0) is 63.1 Å². The van der Waals surface area contributed by atoms with Crippen LogP contribution in [0.15, 0.2) is 51.4 Å². The minimum absolute atomic E-state index is 0.0562. The van der Waals surface area contributed by atoms with Crippen LogP contribution in [-0.4, -0.2) is 41.1 Å². The standard InChI is InChI=1S/C25H25N3O4/c1-15-4-9-21-20(14-15)16(2)22(31-21)25(29)28-12-10-18(11-13-28)24-26-23(27-32-24)17-5-7-19(30-3)8-6-17/h4-9,14,18H,10-13H2,1-3H3. The lowest BCUT2D eigenvalue weighted by molar-refractivity contribution is 0.0674. The van der Waals surface area contributed by atoms with E-state index in [1.54, 1.807) is 7.11 Å². The monoisotopic (exact) mass is 431 g/mol. The summed E-state index contributed by atoms with van der Waals surface area (Å²) in [6, 6.07) is 13.5. The lowest BCUT2D eigenvalue weighted by atomic mass is 9.96. The van der Waals surface area contributed by atoms with Crippen LogP contribution in [0.5, 0.6) is 5.75 Å². The van der Waals surface area contributed by atoms with E-state index in [2.05, 4.69) is 16.2 Å². The molecule has 3 heterocycles. The van der Waals surface area contributed by atoms with Gasteiger partial charge in [-0.3, -0.25) is 4.79 Å². The largest absolute Gasteiger partial charge is 0.497 e. The molecule has 0 unspecified atom stereocenters. The molecule has 0 bridgehead atoms. The molecule has 0 spiro atoms. The minimum Gasteiger partial charge on any atom is -0.497 e. The van der Waals surface area contributed by atoms with Crippen molar-refractivity contribution in [2.75, 3.05) is 20.2 Å². The highest BCUT2D eigenvalue weighted by Crippen LogP contribution is 2.32. The SMILES string of the molecule is COc1ccc(-c2noc(C3CCN(C(=O)c4oc5ccc(C)cc5c4C)CC3)n2)cc1. The molecule has 2 aromatic heterocycles. The molecule has 0 atom stereocenters. The van der Waals surface area contributed by atoms with Gasteiger partial charge in [-0.2, -0.15) is 4.98 Å². The van der Waals surface area contributed by atoms with E-state index >= 15 is 0 Å². The molecule has 7 heteroatoms. The van der Waals surface area contributed by atoms with Crippen molar-refractivity contribution in [1.82, 2.24) is 15.0 Å². The fraction of sp³-hybridized carbons (Fsp3) is 0.320. The Morgan fingerprint density at radius 2 is 1.84 bits per heavy atom. The van der Waals surface area contributed by atoms with Gasteiger partial charge >= 0.3 is 0 Å². The Balaban J connectivity index is 1.27. The number of benzene rings is 2. The number of aromatic nitrogens is 2. The second-order valence-corrected chi connectivity index (χ2v) is 8.31. The van der Waals surface area contributed by atoms with Crippen molar-refractivity contribution in [2.45, 2.75) is 32.6 Å². The van der Waals surface area contributed by atoms with Crippen molar-refractivity contribution < 1.29 is 18.5 Å². The van der Waals surface area contributed by atoms with E-state index in [1.165, 1.54) is 0 Å². The number of piperidine rings is 1. The third kappa shape index (κ3) is 3.64. The normalized spacial score (nSPS) is 14.8. The van der Waals surface area contributed by atoms with Gasteiger partial charge in [0.2, 0.25) is 11.7 Å². The number of hydrogen-bond donors (Lipinski definition) is 0. The van der Waals surface area contributed by atoms with E-state index in [9.17, 15) is 4.79 Å². The quantitative estimate of drug-likeness (QED) is 0.446. The van der Waals surface area contributed by atoms with E-state index in [-0.39, 0.29) is 11.8 Å². The highest BCUT2D eigenvalue weighted by Gasteiger charge is 2.30. The van der Waals surface area contributed by atoms with Crippen LogP contribution in [0.3, 0.4) is 0 Å². The van der Waals surface area contributed by atoms with Crippen LogP contribution in [0, 0.1) is 13.8 Å². The molecule has 0 saturated carbocycles. The second kappa shape index (κ2) is 8.15. The summed E-state index contributed by atoms with van der Waals surface area (Å²) in [6.07, 6.45) is 1.54. The predicted octanol–water partition coefficient (Wildman–Crippen LogP) is 5.13. The predicted molar refractivity (Wildman–Crippen MR) is 120 cm³/mol. The summed E-state index contributed by atoms with van der Waals surface area (Å²) in [5, 5.41) is 5.14. The van der Waals surface area contributed by atoms with E-state index < -0.39 is 0 Å². The number of aryl methyl sites for hydroxylation is 2. The molecule has 1 amide bonds. The number of carbonyl (C=O) groups is 1. The lowest BCUT2D eigenvalue weighted by Crippen LogP contribution is -2.38. The lowest BCUT2D eigenvalue weighted by Gasteiger charge is -2.29. The maximum Gasteiger partial charge on any atom is 0.289 e. The van der Waals surface area contributed by atoms with Crippen LogP contribution < -0.4 is 4.74 Å². The minimum atomic E-state index is -0.0562. The van der Waals surface area contributed by atoms with Gasteiger partial charge in [0.15, 0.2) is 5.76 Å². The number of rotatable bonds is 4. The van der Waals surface area contributed by atoms with Crippen molar-refractivity contribution in [3.63, 3.8) is 0 Å². The van der Waals surface area contributed by atoms with Crippen molar-refractivity contribution in [3.8, 4) is 17.1 Å². The molecular weight excluding hydrogens is 406 g/mol. The Hall–Kier alpha value is -3.61. The maximum atomic E-state index is 13.1. The molecule has 5 rings (SSSR count). The zero-order chi connectivity index (χ0) is 22.2. The molecule has 1 saturated heterocycles. The van der Waals surface area contributed by atoms with E-state index in [0.29, 0.717) is 30.6 Å². The van der Waals surface area contributed by atoms with Crippen molar-refractivity contribution >= 4 is 16.9 Å². The van der Waals surface area contributed by atoms with Crippen molar-refractivity contribution in [1.29, 1.82) is 0 Å². The number of hydrogen-bond acceptors (Lipinski definition) is 6. The van der Waals surface area contributed by atoms with Gasteiger partial charge in [-0.15, -0.1) is 0 Å². The van der Waals surface area contributed by atoms with Gasteiger partial charge in [-0.25, -0.2) is 0 Å². The molecule has 0 radical (unpaired) electrons. The fourth-order valence-corrected chi connectivity index (χ4v) is 4.27. The zero-order valence-electron chi connectivity index (χ0n) is 18.4. The molecule has 164 valence electrons. The first-order valence-corrected chi connectivity index (χ1v) is 10.8. The molecule has 32 heavy (non-hydrogen) atoms. The second-order valence-electron chi connectivity index (χ2n) is 8.31. The maximum absolute atomic E-state index is 13.1. The van der Waals surface area contributed by atoms with E-state index in [4.69, 9.17) is 13.7 Å². The molecule has 0 aliphatic carbocycles. The van der Waals surface area contributed by atoms with Crippen LogP contribution >= 0.6 is 0 Å². The summed E-state index contributed by atoms with van der Waals surface area (Å²) in [6.45, 7) is 5.23. The van der Waals surface area contributed by atoms with Crippen molar-refractivity contribution in [2.24, 2.45) is 0 Å². The Bertz CT molecular complexity index is 1260. The average molecular weight is 431 g/mol. The third-order valence-corrected chi connectivity index (χ3v) is 6.21. The number of fused-ring (bicyclic) bond motifs is 1. The summed E-state index contributed by atoms with van der Waals surface area (Å²) in [5.74, 6) is 2.48. The van der Waals surface area contributed by atoms with Gasteiger partial charge < -0.3 is 18.6 Å². The van der Waals surface area contributed by atoms with Gasteiger partial charge in [0.05, 0.1) is 7.11 Å². The van der Waals surface area contributed by atoms with Gasteiger partial charge in [-0.1, -0.05) is 16.8 Å². The number of methoxy groups -OCH3 is 1. The van der Waals surface area contributed by atoms with E-state index in [0.717, 1.165) is 46.3 Å². The van der Waals surface area contributed by atoms with Gasteiger partial charge in [0.1, 0.15) is 11.3 Å². The Morgan fingerprint density at radius 1 is 1.09 bits per heavy atom. The van der Waals surface area contributed by atoms with Crippen LogP contribution in [0.25, 0.3) is 22.4 Å². The number of carbonyl (C=O) groups excluding carboxylic acids is 1. The Morgan fingerprint density at radius 3 is 2.56 bits per heavy atom. The van der Waals surface area contributed by atoms with Gasteiger partial charge in [0, 0.05) is 35.5 Å². The first kappa shape index (κ1) is 20.3. The summed E-state index contributed by atoms with van der Waals surface area (Å²) < 4.78 is 16.7. The number of nitrogens with zero attached hydrogens (tertiary/aromatic N) is 3. The van der Waals surface area contributed by atoms with Crippen LogP contribution in [0.1, 0.15) is 46.3 Å². The Kier molecular flexibility index (Phi) is 5.17. The number of furan rings is 1. The smallest absolute Gasteiger partial charge is 0.289 e. The first-order chi connectivity index (χ1) is 15.5. The molecule has 4 aromatic rings. The topological polar surface area (TPSA) is 81.6 Å². The summed E-state index contributed by atoms with van der Waals surface area (Å²) in [5.41, 5.74) is 3.68. The van der Waals surface area contributed by atoms with Crippen molar-refractivity contribution in [3.05, 3.63) is 65.2 Å². The first-order valence-electron chi connectivity index (χ1n) is 10.8. The molecular formula is C25H25N3O4. The van der Waals surface area contributed by atoms with Crippen LogP contribution in [0.2, 0.25) is 0 Å². The zero-order valence-corrected chi connectivity index (χ0v) is 18.4. The summed E-state index contributed by atoms with van der Waals surface area (Å²) >= 11 is 0. The van der Waals surface area contributed by atoms with E-state index in [1.807, 2.05) is 55.1 Å². The average Bonchev–Trinajstić information content (AvgIpc) is 3.44. The highest BCUT2D eigenvalue weighted by molar-refractivity contribution is 5.99. The highest BCUT2D eigenvalue weighted by atomic mass is 16.5. The van der Waals surface area contributed by atoms with Crippen LogP contribution in [-0.2, 0) is 0 Å². The Labute approximate surface area is 186 Å². The number of likely N-dealkylation sites (tertiary alicyclic amines) is 1. The summed E-state index contributed by atoms with van der Waals surface area (Å²) in [4.78, 5) is 19.6. The third-order valence-electron chi connectivity index (χ3n) is 6.21. The molecule has 2 aromatic carbocycles. The number of amides is 1. The number of ether oxygens (including phenoxy) is 1. The molecule has 7 nitrogen and oxygen atoms in total. The molecule has 1 aliphatic heterocycles. The fourth-order valence-electron chi connectivity index (χ4n) is 4.27. The summed E-state index contributed by atoms with van der Waals surface area (Å²) in [7, 11) is 1.63. The van der Waals surface area contributed by atoms with Gasteiger partial charge in [0.25, 0.3) is 5.91 Å². The molecule has 1 aliphatic rings. The molecule has 1 fully saturated rings. The van der Waals surface area contributed by atoms with Crippen LogP contribution in [0.4, 0.5) is 0 Å². The molecule has 0 N–H and O–H groups in total.